The van der Waals surface area contributed by atoms with Crippen molar-refractivity contribution in [2.24, 2.45) is 0 Å². The zero-order valence-corrected chi connectivity index (χ0v) is 19.4. The SMILES string of the molecule is Cc1cc2cnc(Nc3cn[nH]c3C(=O)Nc3ccc(CN4CCN(C)CC4)cc3)nc2s1. The molecule has 0 saturated carbocycles. The largest absolute Gasteiger partial charge is 0.321 e. The van der Waals surface area contributed by atoms with Crippen LogP contribution in [0.5, 0.6) is 0 Å². The Kier molecular flexibility index (Phi) is 6.03. The zero-order chi connectivity index (χ0) is 22.8. The normalized spacial score (nSPS) is 15.1. The minimum Gasteiger partial charge on any atom is -0.321 e. The van der Waals surface area contributed by atoms with E-state index in [2.05, 4.69) is 65.8 Å². The highest BCUT2D eigenvalue weighted by Gasteiger charge is 2.17. The summed E-state index contributed by atoms with van der Waals surface area (Å²) in [4.78, 5) is 28.6. The van der Waals surface area contributed by atoms with Gasteiger partial charge < -0.3 is 15.5 Å². The van der Waals surface area contributed by atoms with Crippen molar-refractivity contribution >= 4 is 44.8 Å². The number of nitrogens with zero attached hydrogens (tertiary/aromatic N) is 5. The number of aromatic nitrogens is 4. The molecule has 3 N–H and O–H groups in total. The Labute approximate surface area is 195 Å². The van der Waals surface area contributed by atoms with Crippen LogP contribution in [0.1, 0.15) is 20.9 Å². The van der Waals surface area contributed by atoms with Gasteiger partial charge in [0, 0.05) is 54.9 Å². The summed E-state index contributed by atoms with van der Waals surface area (Å²) in [5, 5.41) is 13.8. The smallest absolute Gasteiger partial charge is 0.275 e. The van der Waals surface area contributed by atoms with Crippen molar-refractivity contribution in [1.29, 1.82) is 0 Å². The van der Waals surface area contributed by atoms with Gasteiger partial charge in [0.25, 0.3) is 5.91 Å². The molecule has 33 heavy (non-hydrogen) atoms. The van der Waals surface area contributed by atoms with E-state index < -0.39 is 0 Å². The lowest BCUT2D eigenvalue weighted by atomic mass is 10.1. The minimum absolute atomic E-state index is 0.283. The molecule has 0 radical (unpaired) electrons. The van der Waals surface area contributed by atoms with Crippen LogP contribution in [0.25, 0.3) is 10.2 Å². The molecule has 10 heteroatoms. The number of carbonyl (C=O) groups excluding carboxylic acids is 1. The third kappa shape index (κ3) is 5.03. The topological polar surface area (TPSA) is 102 Å². The second kappa shape index (κ2) is 9.26. The minimum atomic E-state index is -0.283. The van der Waals surface area contributed by atoms with Gasteiger partial charge in [-0.3, -0.25) is 14.8 Å². The van der Waals surface area contributed by atoms with Gasteiger partial charge in [0.1, 0.15) is 10.5 Å². The fourth-order valence-corrected chi connectivity index (χ4v) is 4.70. The van der Waals surface area contributed by atoms with Gasteiger partial charge in [0.15, 0.2) is 0 Å². The molecule has 0 aliphatic carbocycles. The quantitative estimate of drug-likeness (QED) is 0.403. The molecule has 0 unspecified atom stereocenters. The lowest BCUT2D eigenvalue weighted by Gasteiger charge is -2.32. The number of aromatic amines is 1. The molecule has 1 fully saturated rings. The van der Waals surface area contributed by atoms with Gasteiger partial charge in [0.2, 0.25) is 5.95 Å². The average Bonchev–Trinajstić information content (AvgIpc) is 3.42. The van der Waals surface area contributed by atoms with Crippen molar-refractivity contribution in [2.45, 2.75) is 13.5 Å². The van der Waals surface area contributed by atoms with Crippen molar-refractivity contribution in [3.8, 4) is 0 Å². The third-order valence-electron chi connectivity index (χ3n) is 5.72. The Morgan fingerprint density at radius 2 is 1.94 bits per heavy atom. The second-order valence-corrected chi connectivity index (χ2v) is 9.56. The van der Waals surface area contributed by atoms with Gasteiger partial charge in [-0.1, -0.05) is 12.1 Å². The molecule has 1 aliphatic heterocycles. The van der Waals surface area contributed by atoms with E-state index in [1.807, 2.05) is 19.1 Å². The summed E-state index contributed by atoms with van der Waals surface area (Å²) < 4.78 is 0. The van der Waals surface area contributed by atoms with Crippen molar-refractivity contribution in [1.82, 2.24) is 30.0 Å². The number of thiophene rings is 1. The van der Waals surface area contributed by atoms with Crippen LogP contribution >= 0.6 is 11.3 Å². The Morgan fingerprint density at radius 1 is 1.15 bits per heavy atom. The first kappa shape index (κ1) is 21.5. The van der Waals surface area contributed by atoms with E-state index in [9.17, 15) is 4.79 Å². The van der Waals surface area contributed by atoms with Crippen LogP contribution in [0.2, 0.25) is 0 Å². The predicted octanol–water partition coefficient (Wildman–Crippen LogP) is 3.47. The lowest BCUT2D eigenvalue weighted by Crippen LogP contribution is -2.43. The molecule has 1 saturated heterocycles. The van der Waals surface area contributed by atoms with E-state index in [1.165, 1.54) is 10.4 Å². The van der Waals surface area contributed by atoms with E-state index in [0.29, 0.717) is 17.3 Å². The first-order valence-electron chi connectivity index (χ1n) is 10.9. The first-order valence-corrected chi connectivity index (χ1v) is 11.7. The summed E-state index contributed by atoms with van der Waals surface area (Å²) in [6.45, 7) is 7.31. The number of anilines is 3. The maximum Gasteiger partial charge on any atom is 0.275 e. The first-order chi connectivity index (χ1) is 16.0. The molecule has 1 aromatic carbocycles. The number of rotatable bonds is 6. The molecule has 1 amide bonds. The molecule has 4 aromatic rings. The Morgan fingerprint density at radius 3 is 2.73 bits per heavy atom. The maximum absolute atomic E-state index is 12.9. The molecular weight excluding hydrogens is 436 g/mol. The summed E-state index contributed by atoms with van der Waals surface area (Å²) in [6, 6.07) is 10.0. The number of benzene rings is 1. The van der Waals surface area contributed by atoms with E-state index in [-0.39, 0.29) is 5.91 Å². The zero-order valence-electron chi connectivity index (χ0n) is 18.6. The summed E-state index contributed by atoms with van der Waals surface area (Å²) in [6.07, 6.45) is 3.33. The number of likely N-dealkylation sites (N-methyl/N-ethyl adjacent to an activating group) is 1. The molecule has 3 aromatic heterocycles. The molecule has 0 spiro atoms. The van der Waals surface area contributed by atoms with Gasteiger partial charge >= 0.3 is 0 Å². The number of nitrogens with one attached hydrogen (secondary N) is 3. The third-order valence-corrected chi connectivity index (χ3v) is 6.68. The van der Waals surface area contributed by atoms with Gasteiger partial charge in [-0.2, -0.15) is 5.10 Å². The van der Waals surface area contributed by atoms with Crippen molar-refractivity contribution in [3.05, 3.63) is 58.9 Å². The van der Waals surface area contributed by atoms with E-state index in [4.69, 9.17) is 0 Å². The molecule has 0 bridgehead atoms. The van der Waals surface area contributed by atoms with Crippen LogP contribution in [0.4, 0.5) is 17.3 Å². The monoisotopic (exact) mass is 462 g/mol. The fraction of sp³-hybridized carbons (Fsp3) is 0.304. The maximum atomic E-state index is 12.9. The average molecular weight is 463 g/mol. The number of piperazine rings is 1. The van der Waals surface area contributed by atoms with Crippen molar-refractivity contribution < 1.29 is 4.79 Å². The van der Waals surface area contributed by atoms with Crippen LogP contribution < -0.4 is 10.6 Å². The summed E-state index contributed by atoms with van der Waals surface area (Å²) >= 11 is 1.60. The highest BCUT2D eigenvalue weighted by atomic mass is 32.1. The molecule has 0 atom stereocenters. The standard InChI is InChI=1S/C23H26N8OS/c1-15-11-17-12-24-23(28-22(17)33-15)27-19-13-25-29-20(19)21(32)26-18-5-3-16(4-6-18)14-31-9-7-30(2)8-10-31/h3-6,11-13H,7-10,14H2,1-2H3,(H,25,29)(H,26,32)(H,24,27,28). The number of hydrogen-bond acceptors (Lipinski definition) is 8. The summed E-state index contributed by atoms with van der Waals surface area (Å²) in [5.74, 6) is 0.142. The molecule has 9 nitrogen and oxygen atoms in total. The summed E-state index contributed by atoms with van der Waals surface area (Å²) in [5.41, 5.74) is 2.81. The van der Waals surface area contributed by atoms with Crippen molar-refractivity contribution in [2.75, 3.05) is 43.9 Å². The van der Waals surface area contributed by atoms with Gasteiger partial charge in [-0.15, -0.1) is 11.3 Å². The van der Waals surface area contributed by atoms with Crippen LogP contribution in [-0.2, 0) is 6.54 Å². The highest BCUT2D eigenvalue weighted by Crippen LogP contribution is 2.25. The van der Waals surface area contributed by atoms with Crippen LogP contribution in [0, 0.1) is 6.92 Å². The number of fused-ring (bicyclic) bond motifs is 1. The predicted molar refractivity (Wildman–Crippen MR) is 131 cm³/mol. The molecule has 170 valence electrons. The van der Waals surface area contributed by atoms with Crippen LogP contribution in [0.3, 0.4) is 0 Å². The summed E-state index contributed by atoms with van der Waals surface area (Å²) in [7, 11) is 2.16. The van der Waals surface area contributed by atoms with Gasteiger partial charge in [-0.25, -0.2) is 9.97 Å². The van der Waals surface area contributed by atoms with E-state index >= 15 is 0 Å². The van der Waals surface area contributed by atoms with E-state index in [1.54, 1.807) is 23.7 Å². The number of carbonyl (C=O) groups is 1. The molecule has 4 heterocycles. The van der Waals surface area contributed by atoms with E-state index in [0.717, 1.165) is 48.6 Å². The second-order valence-electron chi connectivity index (χ2n) is 8.33. The van der Waals surface area contributed by atoms with Gasteiger partial charge in [-0.05, 0) is 37.7 Å². The fourth-order valence-electron chi connectivity index (χ4n) is 3.84. The molecule has 1 aliphatic rings. The Balaban J connectivity index is 1.22. The number of amides is 1. The van der Waals surface area contributed by atoms with Gasteiger partial charge in [0.05, 0.1) is 11.9 Å². The number of H-pyrrole nitrogens is 1. The molecule has 5 rings (SSSR count). The van der Waals surface area contributed by atoms with Crippen LogP contribution in [-0.4, -0.2) is 69.1 Å². The molecular formula is C23H26N8OS. The Hall–Kier alpha value is -3.34. The number of hydrogen-bond donors (Lipinski definition) is 3. The van der Waals surface area contributed by atoms with Crippen molar-refractivity contribution in [3.63, 3.8) is 0 Å². The number of aryl methyl sites for hydroxylation is 1. The lowest BCUT2D eigenvalue weighted by molar-refractivity contribution is 0.102. The Bertz CT molecular complexity index is 1260. The highest BCUT2D eigenvalue weighted by molar-refractivity contribution is 7.18. The van der Waals surface area contributed by atoms with Crippen LogP contribution in [0.15, 0.2) is 42.7 Å².